The van der Waals surface area contributed by atoms with Crippen LogP contribution >= 0.6 is 11.3 Å². The van der Waals surface area contributed by atoms with Crippen LogP contribution in [0.5, 0.6) is 5.06 Å². The molecule has 0 radical (unpaired) electrons. The number of aromatic hydroxyl groups is 1. The maximum Gasteiger partial charge on any atom is 0.192 e. The summed E-state index contributed by atoms with van der Waals surface area (Å²) >= 11 is 1.31. The molecule has 0 atom stereocenters. The minimum Gasteiger partial charge on any atom is -0.498 e. The third kappa shape index (κ3) is 0.598. The highest BCUT2D eigenvalue weighted by molar-refractivity contribution is 7.19. The Kier molecular flexibility index (Phi) is 0.790. The van der Waals surface area contributed by atoms with Crippen LogP contribution < -0.4 is 0 Å². The highest BCUT2D eigenvalue weighted by Crippen LogP contribution is 2.22. The van der Waals surface area contributed by atoms with Gasteiger partial charge in [-0.3, -0.25) is 0 Å². The van der Waals surface area contributed by atoms with Gasteiger partial charge in [-0.25, -0.2) is 4.52 Å². The molecule has 4 heteroatoms. The fraction of sp³-hybridized carbons (Fsp3) is 0. The quantitative estimate of drug-likeness (QED) is 0.595. The molecule has 9 heavy (non-hydrogen) atoms. The summed E-state index contributed by atoms with van der Waals surface area (Å²) in [7, 11) is 0. The summed E-state index contributed by atoms with van der Waals surface area (Å²) in [6.07, 6.45) is 3.28. The van der Waals surface area contributed by atoms with E-state index >= 15 is 0 Å². The highest BCUT2D eigenvalue weighted by Gasteiger charge is 1.96. The molecule has 0 spiro atoms. The molecule has 0 bridgehead atoms. The first-order chi connectivity index (χ1) is 4.36. The van der Waals surface area contributed by atoms with Gasteiger partial charge in [-0.15, -0.1) is 0 Å². The van der Waals surface area contributed by atoms with E-state index in [1.165, 1.54) is 11.3 Å². The van der Waals surface area contributed by atoms with Gasteiger partial charge < -0.3 is 5.11 Å². The van der Waals surface area contributed by atoms with Gasteiger partial charge in [0, 0.05) is 0 Å². The standard InChI is InChI=1S/C5H4N2OS/c8-5-3-7-4(9-5)1-2-6-7/h1-3,8H. The smallest absolute Gasteiger partial charge is 0.192 e. The van der Waals surface area contributed by atoms with Crippen molar-refractivity contribution in [1.29, 1.82) is 0 Å². The van der Waals surface area contributed by atoms with Crippen molar-refractivity contribution in [2.24, 2.45) is 0 Å². The number of thiazole rings is 1. The zero-order valence-electron chi connectivity index (χ0n) is 4.48. The molecule has 0 aliphatic heterocycles. The van der Waals surface area contributed by atoms with Gasteiger partial charge in [-0.1, -0.05) is 11.3 Å². The first-order valence-electron chi connectivity index (χ1n) is 2.48. The van der Waals surface area contributed by atoms with Crippen LogP contribution in [-0.4, -0.2) is 14.7 Å². The van der Waals surface area contributed by atoms with Crippen LogP contribution in [0.15, 0.2) is 18.5 Å². The lowest BCUT2D eigenvalue weighted by Crippen LogP contribution is -1.74. The average Bonchev–Trinajstić information content (AvgIpc) is 2.22. The van der Waals surface area contributed by atoms with E-state index in [9.17, 15) is 0 Å². The van der Waals surface area contributed by atoms with Gasteiger partial charge in [0.15, 0.2) is 5.06 Å². The van der Waals surface area contributed by atoms with Crippen molar-refractivity contribution >= 4 is 16.2 Å². The Morgan fingerprint density at radius 1 is 1.67 bits per heavy atom. The summed E-state index contributed by atoms with van der Waals surface area (Å²) in [6.45, 7) is 0. The molecule has 0 aliphatic rings. The monoisotopic (exact) mass is 140 g/mol. The normalized spacial score (nSPS) is 10.7. The number of fused-ring (bicyclic) bond motifs is 1. The first-order valence-corrected chi connectivity index (χ1v) is 3.30. The van der Waals surface area contributed by atoms with E-state index in [0.717, 1.165) is 4.83 Å². The van der Waals surface area contributed by atoms with Crippen LogP contribution in [0, 0.1) is 0 Å². The molecule has 0 saturated heterocycles. The lowest BCUT2D eigenvalue weighted by molar-refractivity contribution is 0.487. The van der Waals surface area contributed by atoms with Crippen molar-refractivity contribution in [1.82, 2.24) is 9.61 Å². The summed E-state index contributed by atoms with van der Waals surface area (Å²) in [5.74, 6) is 0. The first kappa shape index (κ1) is 4.81. The molecule has 46 valence electrons. The van der Waals surface area contributed by atoms with Crippen LogP contribution in [0.1, 0.15) is 0 Å². The molecular weight excluding hydrogens is 136 g/mol. The fourth-order valence-electron chi connectivity index (χ4n) is 0.718. The predicted molar refractivity (Wildman–Crippen MR) is 34.7 cm³/mol. The minimum absolute atomic E-state index is 0.304. The van der Waals surface area contributed by atoms with Gasteiger partial charge in [0.05, 0.1) is 12.4 Å². The zero-order chi connectivity index (χ0) is 6.27. The van der Waals surface area contributed by atoms with E-state index in [-0.39, 0.29) is 0 Å². The third-order valence-corrected chi connectivity index (χ3v) is 1.92. The number of aromatic nitrogens is 2. The Labute approximate surface area is 55.2 Å². The van der Waals surface area contributed by atoms with Crippen LogP contribution in [-0.2, 0) is 0 Å². The van der Waals surface area contributed by atoms with Crippen LogP contribution in [0.25, 0.3) is 4.83 Å². The van der Waals surface area contributed by atoms with Crippen molar-refractivity contribution in [3.8, 4) is 5.06 Å². The molecule has 2 heterocycles. The van der Waals surface area contributed by atoms with E-state index < -0.39 is 0 Å². The van der Waals surface area contributed by atoms with Crippen molar-refractivity contribution in [2.45, 2.75) is 0 Å². The van der Waals surface area contributed by atoms with Crippen LogP contribution in [0.4, 0.5) is 0 Å². The molecule has 3 nitrogen and oxygen atoms in total. The van der Waals surface area contributed by atoms with Gasteiger partial charge in [-0.05, 0) is 6.07 Å². The second kappa shape index (κ2) is 1.48. The van der Waals surface area contributed by atoms with Gasteiger partial charge in [-0.2, -0.15) is 5.10 Å². The molecule has 2 rings (SSSR count). The predicted octanol–water partition coefficient (Wildman–Crippen LogP) is 1.10. The van der Waals surface area contributed by atoms with Crippen molar-refractivity contribution in [2.75, 3.05) is 0 Å². The summed E-state index contributed by atoms with van der Waals surface area (Å²) in [4.78, 5) is 0.965. The van der Waals surface area contributed by atoms with Crippen LogP contribution in [0.2, 0.25) is 0 Å². The minimum atomic E-state index is 0.304. The van der Waals surface area contributed by atoms with E-state index in [1.54, 1.807) is 16.9 Å². The second-order valence-electron chi connectivity index (χ2n) is 1.68. The molecule has 0 fully saturated rings. The van der Waals surface area contributed by atoms with Crippen molar-refractivity contribution < 1.29 is 5.11 Å². The van der Waals surface area contributed by atoms with E-state index in [4.69, 9.17) is 5.11 Å². The molecule has 2 aromatic rings. The maximum absolute atomic E-state index is 8.90. The topological polar surface area (TPSA) is 37.5 Å². The summed E-state index contributed by atoms with van der Waals surface area (Å²) in [5.41, 5.74) is 0. The number of nitrogens with zero attached hydrogens (tertiary/aromatic N) is 2. The zero-order valence-corrected chi connectivity index (χ0v) is 5.30. The Bertz CT molecular complexity index is 296. The van der Waals surface area contributed by atoms with Crippen molar-refractivity contribution in [3.05, 3.63) is 18.5 Å². The Morgan fingerprint density at radius 3 is 3.33 bits per heavy atom. The van der Waals surface area contributed by atoms with E-state index in [2.05, 4.69) is 5.10 Å². The average molecular weight is 140 g/mol. The molecule has 0 amide bonds. The number of hydrogen-bond donors (Lipinski definition) is 1. The molecule has 0 saturated carbocycles. The third-order valence-electron chi connectivity index (χ3n) is 1.08. The van der Waals surface area contributed by atoms with E-state index in [0.29, 0.717) is 5.06 Å². The summed E-state index contributed by atoms with van der Waals surface area (Å²) < 4.78 is 1.64. The van der Waals surface area contributed by atoms with Gasteiger partial charge in [0.1, 0.15) is 4.83 Å². The van der Waals surface area contributed by atoms with Crippen molar-refractivity contribution in [3.63, 3.8) is 0 Å². The molecule has 0 aliphatic carbocycles. The molecule has 0 aromatic carbocycles. The molecule has 1 N–H and O–H groups in total. The largest absolute Gasteiger partial charge is 0.498 e. The van der Waals surface area contributed by atoms with Gasteiger partial charge in [0.2, 0.25) is 0 Å². The number of rotatable bonds is 0. The lowest BCUT2D eigenvalue weighted by Gasteiger charge is -1.72. The highest BCUT2D eigenvalue weighted by atomic mass is 32.1. The Balaban J connectivity index is 2.92. The fourth-order valence-corrected chi connectivity index (χ4v) is 1.41. The van der Waals surface area contributed by atoms with Gasteiger partial charge in [0.25, 0.3) is 0 Å². The molecular formula is C5H4N2OS. The Hall–Kier alpha value is -1.03. The van der Waals surface area contributed by atoms with Gasteiger partial charge >= 0.3 is 0 Å². The summed E-state index contributed by atoms with van der Waals surface area (Å²) in [6, 6.07) is 1.85. The summed E-state index contributed by atoms with van der Waals surface area (Å²) in [5, 5.41) is 13.1. The maximum atomic E-state index is 8.90. The van der Waals surface area contributed by atoms with E-state index in [1.807, 2.05) is 6.07 Å². The number of hydrogen-bond acceptors (Lipinski definition) is 3. The molecule has 2 aromatic heterocycles. The van der Waals surface area contributed by atoms with Crippen LogP contribution in [0.3, 0.4) is 0 Å². The molecule has 0 unspecified atom stereocenters. The SMILES string of the molecule is Oc1cn2nccc2s1. The lowest BCUT2D eigenvalue weighted by atomic mass is 10.7. The second-order valence-corrected chi connectivity index (χ2v) is 2.72. The Morgan fingerprint density at radius 2 is 2.56 bits per heavy atom.